The van der Waals surface area contributed by atoms with Crippen molar-refractivity contribution in [3.8, 4) is 0 Å². The summed E-state index contributed by atoms with van der Waals surface area (Å²) in [6.07, 6.45) is 1.37. The van der Waals surface area contributed by atoms with Crippen molar-refractivity contribution in [3.05, 3.63) is 51.7 Å². The minimum atomic E-state index is -0.574. The summed E-state index contributed by atoms with van der Waals surface area (Å²) < 4.78 is 13.5. The molecule has 2 N–H and O–H groups in total. The van der Waals surface area contributed by atoms with Crippen molar-refractivity contribution in [2.24, 2.45) is 5.73 Å². The molecule has 1 unspecified atom stereocenters. The van der Waals surface area contributed by atoms with Crippen LogP contribution in [0.1, 0.15) is 50.4 Å². The Balaban J connectivity index is 2.28. The fourth-order valence-electron chi connectivity index (χ4n) is 2.24. The van der Waals surface area contributed by atoms with Gasteiger partial charge in [-0.2, -0.15) is 0 Å². The second-order valence-electron chi connectivity index (χ2n) is 6.57. The Hall–Kier alpha value is -1.26. The number of hydrogen-bond acceptors (Lipinski definition) is 3. The van der Waals surface area contributed by atoms with Crippen molar-refractivity contribution >= 4 is 11.3 Å². The number of rotatable bonds is 4. The summed E-state index contributed by atoms with van der Waals surface area (Å²) in [5, 5.41) is 3.10. The number of nitrogens with zero attached hydrogens (tertiary/aromatic N) is 1. The zero-order valence-corrected chi connectivity index (χ0v) is 13.9. The van der Waals surface area contributed by atoms with Crippen LogP contribution in [0, 0.1) is 5.82 Å². The molecule has 21 heavy (non-hydrogen) atoms. The average Bonchev–Trinajstić information content (AvgIpc) is 2.87. The summed E-state index contributed by atoms with van der Waals surface area (Å²) in [5.41, 5.74) is 7.92. The molecule has 1 heterocycles. The van der Waals surface area contributed by atoms with Crippen LogP contribution in [0.4, 0.5) is 4.39 Å². The maximum Gasteiger partial charge on any atom is 0.123 e. The molecule has 0 radical (unpaired) electrons. The molecular formula is C17H23FN2S. The zero-order chi connectivity index (χ0) is 15.7. The second kappa shape index (κ2) is 5.85. The van der Waals surface area contributed by atoms with Crippen LogP contribution in [-0.2, 0) is 17.4 Å². The SMILES string of the molecule is CCC(N)(Cc1nc(C(C)(C)C)cs1)c1cccc(F)c1. The minimum Gasteiger partial charge on any atom is -0.321 e. The normalized spacial score (nSPS) is 15.0. The van der Waals surface area contributed by atoms with Gasteiger partial charge in [0.15, 0.2) is 0 Å². The minimum absolute atomic E-state index is 0.0388. The first-order valence-electron chi connectivity index (χ1n) is 7.24. The van der Waals surface area contributed by atoms with Gasteiger partial charge in [-0.1, -0.05) is 39.8 Å². The van der Waals surface area contributed by atoms with E-state index in [4.69, 9.17) is 10.7 Å². The fourth-order valence-corrected chi connectivity index (χ4v) is 3.38. The Bertz CT molecular complexity index is 615. The Kier molecular flexibility index (Phi) is 4.49. The summed E-state index contributed by atoms with van der Waals surface area (Å²) in [7, 11) is 0. The van der Waals surface area contributed by atoms with Crippen molar-refractivity contribution in [1.29, 1.82) is 0 Å². The van der Waals surface area contributed by atoms with E-state index in [-0.39, 0.29) is 11.2 Å². The molecule has 1 aromatic carbocycles. The van der Waals surface area contributed by atoms with Gasteiger partial charge < -0.3 is 5.73 Å². The lowest BCUT2D eigenvalue weighted by molar-refractivity contribution is 0.420. The summed E-state index contributed by atoms with van der Waals surface area (Å²) in [6, 6.07) is 6.58. The molecule has 0 saturated heterocycles. The first-order chi connectivity index (χ1) is 9.74. The fraction of sp³-hybridized carbons (Fsp3) is 0.471. The highest BCUT2D eigenvalue weighted by Gasteiger charge is 2.28. The number of thiazole rings is 1. The highest BCUT2D eigenvalue weighted by molar-refractivity contribution is 7.09. The van der Waals surface area contributed by atoms with Gasteiger partial charge in [-0.3, -0.25) is 0 Å². The molecule has 0 saturated carbocycles. The molecule has 2 nitrogen and oxygen atoms in total. The molecule has 1 atom stereocenters. The Labute approximate surface area is 130 Å². The van der Waals surface area contributed by atoms with E-state index in [9.17, 15) is 4.39 Å². The van der Waals surface area contributed by atoms with Gasteiger partial charge in [0, 0.05) is 22.8 Å². The van der Waals surface area contributed by atoms with E-state index >= 15 is 0 Å². The van der Waals surface area contributed by atoms with Crippen LogP contribution in [0.15, 0.2) is 29.6 Å². The molecule has 0 aliphatic carbocycles. The highest BCUT2D eigenvalue weighted by Crippen LogP contribution is 2.30. The van der Waals surface area contributed by atoms with Crippen molar-refractivity contribution in [1.82, 2.24) is 4.98 Å². The quantitative estimate of drug-likeness (QED) is 0.910. The summed E-state index contributed by atoms with van der Waals surface area (Å²) in [4.78, 5) is 4.71. The number of nitrogens with two attached hydrogens (primary N) is 1. The lowest BCUT2D eigenvalue weighted by Gasteiger charge is -2.28. The smallest absolute Gasteiger partial charge is 0.123 e. The summed E-state index contributed by atoms with van der Waals surface area (Å²) in [5.74, 6) is -0.245. The van der Waals surface area contributed by atoms with Gasteiger partial charge in [0.25, 0.3) is 0 Å². The van der Waals surface area contributed by atoms with Gasteiger partial charge in [-0.05, 0) is 24.1 Å². The zero-order valence-electron chi connectivity index (χ0n) is 13.1. The molecule has 114 valence electrons. The van der Waals surface area contributed by atoms with E-state index in [0.29, 0.717) is 6.42 Å². The third-order valence-corrected chi connectivity index (χ3v) is 4.67. The molecule has 0 bridgehead atoms. The van der Waals surface area contributed by atoms with Crippen LogP contribution < -0.4 is 5.73 Å². The first-order valence-corrected chi connectivity index (χ1v) is 8.12. The third-order valence-electron chi connectivity index (χ3n) is 3.82. The molecule has 2 rings (SSSR count). The topological polar surface area (TPSA) is 38.9 Å². The maximum atomic E-state index is 13.5. The van der Waals surface area contributed by atoms with Gasteiger partial charge in [0.1, 0.15) is 5.82 Å². The van der Waals surface area contributed by atoms with E-state index in [1.165, 1.54) is 12.1 Å². The maximum absolute atomic E-state index is 13.5. The lowest BCUT2D eigenvalue weighted by atomic mass is 9.85. The number of aromatic nitrogens is 1. The molecule has 0 aliphatic heterocycles. The molecular weight excluding hydrogens is 283 g/mol. The van der Waals surface area contributed by atoms with Crippen LogP contribution in [0.25, 0.3) is 0 Å². The van der Waals surface area contributed by atoms with Crippen molar-refractivity contribution in [2.75, 3.05) is 0 Å². The summed E-state index contributed by atoms with van der Waals surface area (Å²) in [6.45, 7) is 8.47. The molecule has 2 aromatic rings. The predicted octanol–water partition coefficient (Wildman–Crippen LogP) is 4.39. The van der Waals surface area contributed by atoms with E-state index in [1.807, 2.05) is 13.0 Å². The molecule has 0 amide bonds. The Morgan fingerprint density at radius 1 is 1.29 bits per heavy atom. The van der Waals surface area contributed by atoms with Crippen molar-refractivity contribution in [3.63, 3.8) is 0 Å². The lowest BCUT2D eigenvalue weighted by Crippen LogP contribution is -2.38. The van der Waals surface area contributed by atoms with E-state index in [2.05, 4.69) is 26.2 Å². The molecule has 0 aliphatic rings. The van der Waals surface area contributed by atoms with Gasteiger partial charge in [0.05, 0.1) is 10.7 Å². The number of benzene rings is 1. The molecule has 0 spiro atoms. The number of halogens is 1. The predicted molar refractivity (Wildman–Crippen MR) is 87.1 cm³/mol. The Morgan fingerprint density at radius 3 is 2.52 bits per heavy atom. The van der Waals surface area contributed by atoms with E-state index < -0.39 is 5.54 Å². The van der Waals surface area contributed by atoms with Gasteiger partial charge in [-0.15, -0.1) is 11.3 Å². The van der Waals surface area contributed by atoms with Crippen LogP contribution >= 0.6 is 11.3 Å². The molecule has 1 aromatic heterocycles. The standard InChI is InChI=1S/C17H23FN2S/c1-5-17(19,12-7-6-8-13(18)9-12)10-15-20-14(11-21-15)16(2,3)4/h6-9,11H,5,10,19H2,1-4H3. The third kappa shape index (κ3) is 3.69. The van der Waals surface area contributed by atoms with Crippen molar-refractivity contribution < 1.29 is 4.39 Å². The van der Waals surface area contributed by atoms with Gasteiger partial charge in [-0.25, -0.2) is 9.37 Å². The van der Waals surface area contributed by atoms with Crippen LogP contribution in [0.2, 0.25) is 0 Å². The highest BCUT2D eigenvalue weighted by atomic mass is 32.1. The van der Waals surface area contributed by atoms with Crippen LogP contribution in [0.5, 0.6) is 0 Å². The van der Waals surface area contributed by atoms with Gasteiger partial charge >= 0.3 is 0 Å². The first kappa shape index (κ1) is 16.1. The number of hydrogen-bond donors (Lipinski definition) is 1. The van der Waals surface area contributed by atoms with E-state index in [1.54, 1.807) is 17.4 Å². The van der Waals surface area contributed by atoms with Crippen LogP contribution in [0.3, 0.4) is 0 Å². The monoisotopic (exact) mass is 306 g/mol. The Morgan fingerprint density at radius 2 is 2.00 bits per heavy atom. The second-order valence-corrected chi connectivity index (χ2v) is 7.52. The van der Waals surface area contributed by atoms with Crippen LogP contribution in [-0.4, -0.2) is 4.98 Å². The summed E-state index contributed by atoms with van der Waals surface area (Å²) >= 11 is 1.63. The molecule has 0 fully saturated rings. The largest absolute Gasteiger partial charge is 0.321 e. The van der Waals surface area contributed by atoms with Gasteiger partial charge in [0.2, 0.25) is 0 Å². The molecule has 4 heteroatoms. The van der Waals surface area contributed by atoms with Crippen molar-refractivity contribution in [2.45, 2.75) is 51.5 Å². The average molecular weight is 306 g/mol. The van der Waals surface area contributed by atoms with E-state index in [0.717, 1.165) is 22.7 Å².